The number of piperidine rings is 1. The Morgan fingerprint density at radius 2 is 2.44 bits per heavy atom. The number of nitrogens with zero attached hydrogens (tertiary/aromatic N) is 1. The molecule has 0 aromatic carbocycles. The summed E-state index contributed by atoms with van der Waals surface area (Å²) in [5.41, 5.74) is 1.44. The molecule has 1 aliphatic rings. The van der Waals surface area contributed by atoms with Crippen molar-refractivity contribution in [2.75, 3.05) is 20.1 Å². The zero-order chi connectivity index (χ0) is 11.4. The van der Waals surface area contributed by atoms with Crippen molar-refractivity contribution in [3.63, 3.8) is 0 Å². The van der Waals surface area contributed by atoms with Crippen molar-refractivity contribution in [1.82, 2.24) is 10.2 Å². The fourth-order valence-corrected chi connectivity index (χ4v) is 3.15. The molecule has 2 rings (SSSR count). The molecule has 1 aliphatic heterocycles. The van der Waals surface area contributed by atoms with Crippen LogP contribution >= 0.6 is 11.3 Å². The minimum absolute atomic E-state index is 0.687. The second-order valence-electron chi connectivity index (χ2n) is 5.11. The van der Waals surface area contributed by atoms with Gasteiger partial charge in [0, 0.05) is 19.1 Å². The van der Waals surface area contributed by atoms with E-state index in [0.29, 0.717) is 6.04 Å². The zero-order valence-corrected chi connectivity index (χ0v) is 11.1. The summed E-state index contributed by atoms with van der Waals surface area (Å²) in [5, 5.41) is 8.02. The maximum absolute atomic E-state index is 3.62. The van der Waals surface area contributed by atoms with Crippen LogP contribution in [0.5, 0.6) is 0 Å². The third kappa shape index (κ3) is 3.58. The molecule has 2 unspecified atom stereocenters. The van der Waals surface area contributed by atoms with E-state index < -0.39 is 0 Å². The molecule has 0 radical (unpaired) electrons. The molecule has 1 aromatic heterocycles. The molecule has 1 fully saturated rings. The van der Waals surface area contributed by atoms with Crippen LogP contribution in [0, 0.1) is 5.92 Å². The van der Waals surface area contributed by atoms with Crippen molar-refractivity contribution in [3.05, 3.63) is 22.4 Å². The monoisotopic (exact) mass is 238 g/mol. The van der Waals surface area contributed by atoms with Gasteiger partial charge in [0.2, 0.25) is 0 Å². The van der Waals surface area contributed by atoms with Crippen LogP contribution < -0.4 is 5.32 Å². The van der Waals surface area contributed by atoms with Crippen LogP contribution in [0.15, 0.2) is 16.8 Å². The van der Waals surface area contributed by atoms with Gasteiger partial charge in [0.1, 0.15) is 0 Å². The highest BCUT2D eigenvalue weighted by Gasteiger charge is 2.19. The smallest absolute Gasteiger partial charge is 0.0239 e. The van der Waals surface area contributed by atoms with Crippen LogP contribution in [0.3, 0.4) is 0 Å². The van der Waals surface area contributed by atoms with Gasteiger partial charge in [-0.15, -0.1) is 0 Å². The molecule has 90 valence electrons. The van der Waals surface area contributed by atoms with Crippen LogP contribution in [0.1, 0.15) is 25.3 Å². The maximum Gasteiger partial charge on any atom is 0.0239 e. The molecule has 0 amide bonds. The Morgan fingerprint density at radius 1 is 1.56 bits per heavy atom. The largest absolute Gasteiger partial charge is 0.313 e. The molecule has 2 heterocycles. The molecular formula is C13H22N2S. The first-order valence-corrected chi connectivity index (χ1v) is 7.11. The van der Waals surface area contributed by atoms with E-state index in [1.54, 1.807) is 11.3 Å². The second kappa shape index (κ2) is 5.80. The predicted octanol–water partition coefficient (Wildman–Crippen LogP) is 2.57. The lowest BCUT2D eigenvalue weighted by atomic mass is 9.94. The minimum Gasteiger partial charge on any atom is -0.313 e. The van der Waals surface area contributed by atoms with Crippen LogP contribution in [-0.2, 0) is 6.54 Å². The van der Waals surface area contributed by atoms with Gasteiger partial charge in [-0.05, 0) is 54.7 Å². The van der Waals surface area contributed by atoms with Crippen LogP contribution in [0.25, 0.3) is 0 Å². The van der Waals surface area contributed by atoms with E-state index in [1.165, 1.54) is 31.5 Å². The van der Waals surface area contributed by atoms with Crippen LogP contribution in [-0.4, -0.2) is 31.1 Å². The highest BCUT2D eigenvalue weighted by Crippen LogP contribution is 2.16. The van der Waals surface area contributed by atoms with Gasteiger partial charge in [-0.3, -0.25) is 0 Å². The van der Waals surface area contributed by atoms with Crippen molar-refractivity contribution in [2.45, 2.75) is 32.4 Å². The number of hydrogen-bond acceptors (Lipinski definition) is 3. The molecule has 1 aromatic rings. The molecule has 16 heavy (non-hydrogen) atoms. The van der Waals surface area contributed by atoms with E-state index in [4.69, 9.17) is 0 Å². The molecule has 3 heteroatoms. The first-order valence-electron chi connectivity index (χ1n) is 6.17. The first kappa shape index (κ1) is 12.1. The van der Waals surface area contributed by atoms with Gasteiger partial charge in [-0.25, -0.2) is 0 Å². The highest BCUT2D eigenvalue weighted by atomic mass is 32.1. The van der Waals surface area contributed by atoms with Crippen molar-refractivity contribution in [1.29, 1.82) is 0 Å². The number of thiophene rings is 1. The van der Waals surface area contributed by atoms with Gasteiger partial charge >= 0.3 is 0 Å². The van der Waals surface area contributed by atoms with E-state index in [2.05, 4.69) is 41.0 Å². The molecule has 0 saturated carbocycles. The maximum atomic E-state index is 3.62. The number of hydrogen-bond donors (Lipinski definition) is 1. The minimum atomic E-state index is 0.687. The van der Waals surface area contributed by atoms with Gasteiger partial charge in [0.05, 0.1) is 0 Å². The van der Waals surface area contributed by atoms with Crippen molar-refractivity contribution in [2.24, 2.45) is 5.92 Å². The Bertz CT molecular complexity index is 297. The standard InChI is InChI=1S/C13H22N2S/c1-11-3-5-14-13(7-11)9-15(2)8-12-4-6-16-10-12/h4,6,10-11,13-14H,3,5,7-9H2,1-2H3. The molecular weight excluding hydrogens is 216 g/mol. The molecule has 1 N–H and O–H groups in total. The number of likely N-dealkylation sites (N-methyl/N-ethyl adjacent to an activating group) is 1. The van der Waals surface area contributed by atoms with E-state index in [1.807, 2.05) is 0 Å². The summed E-state index contributed by atoms with van der Waals surface area (Å²) in [7, 11) is 2.22. The van der Waals surface area contributed by atoms with Crippen LogP contribution in [0.2, 0.25) is 0 Å². The van der Waals surface area contributed by atoms with E-state index in [0.717, 1.165) is 12.5 Å². The summed E-state index contributed by atoms with van der Waals surface area (Å²) in [6, 6.07) is 2.91. The summed E-state index contributed by atoms with van der Waals surface area (Å²) in [6.45, 7) is 5.81. The van der Waals surface area contributed by atoms with Crippen molar-refractivity contribution >= 4 is 11.3 Å². The molecule has 0 bridgehead atoms. The van der Waals surface area contributed by atoms with Gasteiger partial charge in [-0.1, -0.05) is 6.92 Å². The number of rotatable bonds is 4. The third-order valence-corrected chi connectivity index (χ3v) is 4.05. The topological polar surface area (TPSA) is 15.3 Å². The summed E-state index contributed by atoms with van der Waals surface area (Å²) in [4.78, 5) is 2.43. The normalized spacial score (nSPS) is 26.2. The van der Waals surface area contributed by atoms with Gasteiger partial charge in [0.15, 0.2) is 0 Å². The SMILES string of the molecule is CC1CCNC(CN(C)Cc2ccsc2)C1. The average Bonchev–Trinajstić information content (AvgIpc) is 2.70. The zero-order valence-electron chi connectivity index (χ0n) is 10.3. The van der Waals surface area contributed by atoms with E-state index in [-0.39, 0.29) is 0 Å². The average molecular weight is 238 g/mol. The van der Waals surface area contributed by atoms with Gasteiger partial charge in [0.25, 0.3) is 0 Å². The Kier molecular flexibility index (Phi) is 4.38. The molecule has 0 aliphatic carbocycles. The lowest BCUT2D eigenvalue weighted by Gasteiger charge is -2.31. The Balaban J connectivity index is 1.76. The Labute approximate surface area is 103 Å². The quantitative estimate of drug-likeness (QED) is 0.867. The number of nitrogens with one attached hydrogen (secondary N) is 1. The molecule has 0 spiro atoms. The Hall–Kier alpha value is -0.380. The Morgan fingerprint density at radius 3 is 3.12 bits per heavy atom. The van der Waals surface area contributed by atoms with Crippen LogP contribution in [0.4, 0.5) is 0 Å². The van der Waals surface area contributed by atoms with Gasteiger partial charge < -0.3 is 10.2 Å². The predicted molar refractivity (Wildman–Crippen MR) is 70.8 cm³/mol. The summed E-state index contributed by atoms with van der Waals surface area (Å²) in [5.74, 6) is 0.890. The fourth-order valence-electron chi connectivity index (χ4n) is 2.49. The van der Waals surface area contributed by atoms with Crippen molar-refractivity contribution < 1.29 is 0 Å². The summed E-state index contributed by atoms with van der Waals surface area (Å²) < 4.78 is 0. The van der Waals surface area contributed by atoms with Gasteiger partial charge in [-0.2, -0.15) is 11.3 Å². The molecule has 2 nitrogen and oxygen atoms in total. The highest BCUT2D eigenvalue weighted by molar-refractivity contribution is 7.07. The fraction of sp³-hybridized carbons (Fsp3) is 0.692. The summed E-state index contributed by atoms with van der Waals surface area (Å²) >= 11 is 1.79. The first-order chi connectivity index (χ1) is 7.74. The van der Waals surface area contributed by atoms with Crippen molar-refractivity contribution in [3.8, 4) is 0 Å². The second-order valence-corrected chi connectivity index (χ2v) is 5.89. The lowest BCUT2D eigenvalue weighted by molar-refractivity contribution is 0.230. The third-order valence-electron chi connectivity index (χ3n) is 3.32. The molecule has 1 saturated heterocycles. The summed E-state index contributed by atoms with van der Waals surface area (Å²) in [6.07, 6.45) is 2.67. The molecule has 2 atom stereocenters. The van der Waals surface area contributed by atoms with E-state index >= 15 is 0 Å². The lowest BCUT2D eigenvalue weighted by Crippen LogP contribution is -2.44. The van der Waals surface area contributed by atoms with E-state index in [9.17, 15) is 0 Å².